The first-order valence-electron chi connectivity index (χ1n) is 13.4. The average molecular weight is 539 g/mol. The van der Waals surface area contributed by atoms with Crippen molar-refractivity contribution in [3.8, 4) is 5.75 Å². The van der Waals surface area contributed by atoms with E-state index in [0.29, 0.717) is 16.8 Å². The molecule has 0 bridgehead atoms. The molecule has 0 saturated carbocycles. The lowest BCUT2D eigenvalue weighted by molar-refractivity contribution is 0.415. The van der Waals surface area contributed by atoms with Crippen LogP contribution in [0, 0.1) is 0 Å². The summed E-state index contributed by atoms with van der Waals surface area (Å²) in [6, 6.07) is 34.5. The molecule has 2 aromatic heterocycles. The Morgan fingerprint density at radius 3 is 2.46 bits per heavy atom. The Morgan fingerprint density at radius 1 is 0.951 bits per heavy atom. The number of anilines is 1. The Balaban J connectivity index is 1.17. The molecule has 1 unspecified atom stereocenters. The highest BCUT2D eigenvalue weighted by atomic mass is 16.5. The first-order chi connectivity index (χ1) is 20.2. The van der Waals surface area contributed by atoms with E-state index >= 15 is 0 Å². The van der Waals surface area contributed by atoms with Crippen LogP contribution in [0.2, 0.25) is 0 Å². The van der Waals surface area contributed by atoms with Crippen molar-refractivity contribution in [2.45, 2.75) is 12.5 Å². The number of fused-ring (bicyclic) bond motifs is 3. The Kier molecular flexibility index (Phi) is 6.13. The molecule has 0 aliphatic carbocycles. The van der Waals surface area contributed by atoms with Crippen molar-refractivity contribution in [1.29, 1.82) is 0 Å². The van der Waals surface area contributed by atoms with Gasteiger partial charge in [-0.3, -0.25) is 9.80 Å². The van der Waals surface area contributed by atoms with Crippen molar-refractivity contribution >= 4 is 39.5 Å². The molecule has 1 N–H and O–H groups in total. The van der Waals surface area contributed by atoms with E-state index in [9.17, 15) is 4.79 Å². The molecule has 0 saturated heterocycles. The van der Waals surface area contributed by atoms with E-state index in [2.05, 4.69) is 56.5 Å². The number of H-pyrrole nitrogens is 1. The smallest absolute Gasteiger partial charge is 0.298 e. The van der Waals surface area contributed by atoms with Gasteiger partial charge in [-0.2, -0.15) is 14.9 Å². The number of nitrogens with one attached hydrogen (secondary N) is 1. The molecule has 3 heterocycles. The third-order valence-corrected chi connectivity index (χ3v) is 7.39. The number of rotatable bonds is 6. The normalized spacial score (nSPS) is 15.2. The van der Waals surface area contributed by atoms with Crippen molar-refractivity contribution in [1.82, 2.24) is 14.6 Å². The largest absolute Gasteiger partial charge is 0.497 e. The predicted molar refractivity (Wildman–Crippen MR) is 163 cm³/mol. The summed E-state index contributed by atoms with van der Waals surface area (Å²) in [6.45, 7) is 0. The maximum atomic E-state index is 13.1. The van der Waals surface area contributed by atoms with E-state index in [1.165, 1.54) is 16.6 Å². The number of hydrogen-bond acceptors (Lipinski definition) is 6. The number of hydrogen-bond donors (Lipinski definition) is 1. The van der Waals surface area contributed by atoms with Crippen LogP contribution >= 0.6 is 0 Å². The third kappa shape index (κ3) is 4.55. The van der Waals surface area contributed by atoms with Gasteiger partial charge in [0.05, 0.1) is 30.8 Å². The summed E-state index contributed by atoms with van der Waals surface area (Å²) in [5.41, 5.74) is 6.77. The second-order valence-electron chi connectivity index (χ2n) is 9.88. The molecule has 1 aliphatic heterocycles. The van der Waals surface area contributed by atoms with Gasteiger partial charge in [0.1, 0.15) is 23.1 Å². The molecular formula is C33H26N6O2. The monoisotopic (exact) mass is 538 g/mol. The number of benzene rings is 4. The Bertz CT molecular complexity index is 1980. The second-order valence-corrected chi connectivity index (χ2v) is 9.88. The fourth-order valence-electron chi connectivity index (χ4n) is 5.26. The molecule has 8 heteroatoms. The fourth-order valence-corrected chi connectivity index (χ4v) is 5.26. The van der Waals surface area contributed by atoms with Gasteiger partial charge >= 0.3 is 0 Å². The highest BCUT2D eigenvalue weighted by Gasteiger charge is 2.29. The molecule has 0 radical (unpaired) electrons. The molecule has 0 amide bonds. The van der Waals surface area contributed by atoms with Crippen molar-refractivity contribution in [2.75, 3.05) is 12.1 Å². The molecule has 41 heavy (non-hydrogen) atoms. The van der Waals surface area contributed by atoms with Crippen LogP contribution in [0.25, 0.3) is 21.9 Å². The SMILES string of the molecule is COc1ccc2[nH]c3c(=O)n(/N=C/c4ccc(N5N=C(c6ccccc6)CC5c5ccccc5)cc4)cnc3c2c1. The lowest BCUT2D eigenvalue weighted by Crippen LogP contribution is -2.18. The van der Waals surface area contributed by atoms with E-state index in [4.69, 9.17) is 9.84 Å². The number of methoxy groups -OCH3 is 1. The maximum Gasteiger partial charge on any atom is 0.298 e. The highest BCUT2D eigenvalue weighted by molar-refractivity contribution is 6.05. The van der Waals surface area contributed by atoms with Gasteiger partial charge in [-0.15, -0.1) is 0 Å². The maximum absolute atomic E-state index is 13.1. The van der Waals surface area contributed by atoms with Gasteiger partial charge in [0.15, 0.2) is 0 Å². The summed E-state index contributed by atoms with van der Waals surface area (Å²) in [7, 11) is 1.61. The molecule has 7 rings (SSSR count). The lowest BCUT2D eigenvalue weighted by atomic mass is 9.98. The number of aromatic amines is 1. The molecule has 200 valence electrons. The number of hydrazone groups is 1. The topological polar surface area (TPSA) is 87.9 Å². The van der Waals surface area contributed by atoms with Gasteiger partial charge in [0.2, 0.25) is 0 Å². The van der Waals surface area contributed by atoms with Gasteiger partial charge in [-0.1, -0.05) is 72.8 Å². The van der Waals surface area contributed by atoms with Crippen LogP contribution in [0.15, 0.2) is 124 Å². The summed E-state index contributed by atoms with van der Waals surface area (Å²) >= 11 is 0. The summed E-state index contributed by atoms with van der Waals surface area (Å²) in [4.78, 5) is 20.8. The van der Waals surface area contributed by atoms with Crippen LogP contribution in [-0.2, 0) is 0 Å². The average Bonchev–Trinajstić information content (AvgIpc) is 3.64. The predicted octanol–water partition coefficient (Wildman–Crippen LogP) is 6.12. The zero-order valence-electron chi connectivity index (χ0n) is 22.3. The van der Waals surface area contributed by atoms with E-state index in [-0.39, 0.29) is 11.6 Å². The zero-order chi connectivity index (χ0) is 27.8. The third-order valence-electron chi connectivity index (χ3n) is 7.39. The quantitative estimate of drug-likeness (QED) is 0.259. The van der Waals surface area contributed by atoms with Crippen molar-refractivity contribution in [3.05, 3.63) is 136 Å². The first-order valence-corrected chi connectivity index (χ1v) is 13.4. The molecule has 0 fully saturated rings. The van der Waals surface area contributed by atoms with E-state index in [1.54, 1.807) is 13.3 Å². The Labute approximate surface area is 235 Å². The molecule has 1 atom stereocenters. The fraction of sp³-hybridized carbons (Fsp3) is 0.0909. The van der Waals surface area contributed by atoms with Crippen molar-refractivity contribution in [2.24, 2.45) is 10.2 Å². The molecule has 4 aromatic carbocycles. The van der Waals surface area contributed by atoms with Crippen LogP contribution in [0.1, 0.15) is 29.2 Å². The number of nitrogens with zero attached hydrogens (tertiary/aromatic N) is 5. The highest BCUT2D eigenvalue weighted by Crippen LogP contribution is 2.36. The van der Waals surface area contributed by atoms with Crippen molar-refractivity contribution < 1.29 is 4.74 Å². The molecule has 8 nitrogen and oxygen atoms in total. The van der Waals surface area contributed by atoms with Crippen LogP contribution in [0.3, 0.4) is 0 Å². The molecule has 6 aromatic rings. The molecule has 0 spiro atoms. The first kappa shape index (κ1) is 24.5. The second kappa shape index (κ2) is 10.2. The molecular weight excluding hydrogens is 512 g/mol. The minimum Gasteiger partial charge on any atom is -0.497 e. The Morgan fingerprint density at radius 2 is 1.71 bits per heavy atom. The van der Waals surface area contributed by atoms with Crippen LogP contribution in [0.5, 0.6) is 5.75 Å². The van der Waals surface area contributed by atoms with Gasteiger partial charge in [-0.25, -0.2) is 4.98 Å². The Hall–Kier alpha value is -5.50. The number of ether oxygens (including phenoxy) is 1. The summed E-state index contributed by atoms with van der Waals surface area (Å²) < 4.78 is 6.56. The van der Waals surface area contributed by atoms with E-state index in [0.717, 1.165) is 39.8 Å². The number of aromatic nitrogens is 3. The van der Waals surface area contributed by atoms with E-state index in [1.807, 2.05) is 66.7 Å². The lowest BCUT2D eigenvalue weighted by Gasteiger charge is -2.24. The summed E-state index contributed by atoms with van der Waals surface area (Å²) in [5.74, 6) is 0.705. The van der Waals surface area contributed by atoms with Gasteiger partial charge in [-0.05, 0) is 47.0 Å². The van der Waals surface area contributed by atoms with Gasteiger partial charge in [0, 0.05) is 17.3 Å². The van der Waals surface area contributed by atoms with E-state index < -0.39 is 0 Å². The molecule has 1 aliphatic rings. The minimum atomic E-state index is -0.274. The summed E-state index contributed by atoms with van der Waals surface area (Å²) in [5, 5.41) is 12.4. The van der Waals surface area contributed by atoms with Crippen LogP contribution in [0.4, 0.5) is 5.69 Å². The van der Waals surface area contributed by atoms with Gasteiger partial charge in [0.25, 0.3) is 5.56 Å². The summed E-state index contributed by atoms with van der Waals surface area (Å²) in [6.07, 6.45) is 3.91. The van der Waals surface area contributed by atoms with Crippen molar-refractivity contribution in [3.63, 3.8) is 0 Å². The zero-order valence-corrected chi connectivity index (χ0v) is 22.3. The minimum absolute atomic E-state index is 0.0959. The standard InChI is InChI=1S/C33H26N6O2/c1-41-26-16-17-28-27(18-26)31-32(36-28)33(40)38(21-34-31)35-20-22-12-14-25(15-13-22)39-30(24-10-6-3-7-11-24)19-29(37-39)23-8-4-2-5-9-23/h2-18,20-21,30,36H,19H2,1H3/b35-20+. The van der Waals surface area contributed by atoms with Crippen LogP contribution < -0.4 is 15.3 Å². The van der Waals surface area contributed by atoms with Gasteiger partial charge < -0.3 is 9.72 Å². The van der Waals surface area contributed by atoms with Crippen LogP contribution in [-0.4, -0.2) is 33.7 Å².